The lowest BCUT2D eigenvalue weighted by molar-refractivity contribution is -0.161. The van der Waals surface area contributed by atoms with Gasteiger partial charge in [-0.3, -0.25) is 37.3 Å². The average Bonchev–Trinajstić information content (AvgIpc) is 0.899. The maximum atomic E-state index is 13.1. The zero-order valence-corrected chi connectivity index (χ0v) is 70.0. The predicted octanol–water partition coefficient (Wildman–Crippen LogP) is 25.5. The molecule has 5 atom stereocenters. The van der Waals surface area contributed by atoms with E-state index >= 15 is 0 Å². The van der Waals surface area contributed by atoms with Crippen LogP contribution in [0.1, 0.15) is 362 Å². The lowest BCUT2D eigenvalue weighted by atomic mass is 10.1. The van der Waals surface area contributed by atoms with E-state index in [0.717, 1.165) is 205 Å². The summed E-state index contributed by atoms with van der Waals surface area (Å²) in [5.74, 6) is -2.22. The van der Waals surface area contributed by atoms with E-state index in [9.17, 15) is 43.2 Å². The molecule has 17 nitrogen and oxygen atoms in total. The summed E-state index contributed by atoms with van der Waals surface area (Å²) in [5.41, 5.74) is 0. The van der Waals surface area contributed by atoms with Crippen LogP contribution in [0.25, 0.3) is 0 Å². The van der Waals surface area contributed by atoms with Crippen molar-refractivity contribution in [2.45, 2.75) is 380 Å². The molecule has 0 aliphatic heterocycles. The maximum Gasteiger partial charge on any atom is 0.472 e. The number of hydrogen-bond acceptors (Lipinski definition) is 15. The molecule has 19 heteroatoms. The van der Waals surface area contributed by atoms with Gasteiger partial charge in [0.05, 0.1) is 26.4 Å². The van der Waals surface area contributed by atoms with Gasteiger partial charge in [0.1, 0.15) is 19.3 Å². The van der Waals surface area contributed by atoms with Crippen LogP contribution in [-0.4, -0.2) is 96.7 Å². The van der Waals surface area contributed by atoms with Gasteiger partial charge < -0.3 is 33.8 Å². The molecule has 0 fully saturated rings. The largest absolute Gasteiger partial charge is 0.472 e. The molecule has 3 N–H and O–H groups in total. The van der Waals surface area contributed by atoms with Crippen molar-refractivity contribution < 1.29 is 80.2 Å². The Morgan fingerprint density at radius 1 is 0.269 bits per heavy atom. The Morgan fingerprint density at radius 2 is 0.481 bits per heavy atom. The number of hydrogen-bond donors (Lipinski definition) is 3. The van der Waals surface area contributed by atoms with Crippen LogP contribution in [0.2, 0.25) is 0 Å². The summed E-state index contributed by atoms with van der Waals surface area (Å²) in [4.78, 5) is 73.2. The molecule has 0 bridgehead atoms. The number of allylic oxidation sites excluding steroid dienone is 20. The smallest absolute Gasteiger partial charge is 0.462 e. The molecular formula is C89H154O17P2. The van der Waals surface area contributed by atoms with E-state index in [0.29, 0.717) is 25.7 Å². The molecule has 0 aromatic heterocycles. The summed E-state index contributed by atoms with van der Waals surface area (Å²) < 4.78 is 68.8. The third-order valence-electron chi connectivity index (χ3n) is 17.9. The van der Waals surface area contributed by atoms with Gasteiger partial charge in [-0.15, -0.1) is 0 Å². The van der Waals surface area contributed by atoms with E-state index in [1.807, 2.05) is 0 Å². The van der Waals surface area contributed by atoms with Crippen molar-refractivity contribution in [2.24, 2.45) is 0 Å². The molecule has 0 radical (unpaired) electrons. The Hall–Kier alpha value is -4.54. The van der Waals surface area contributed by atoms with Gasteiger partial charge >= 0.3 is 39.5 Å². The SMILES string of the molecule is CC/C=C\C/C=C\C/C=C\CCCCCCCC(=O)OCC(COP(=O)(O)OCC(O)COP(=O)(O)OCC(COC(=O)CCCCCCCC/C=C\C/C=C\C/C=C\CCCCC)OC(=O)CCCCCCCC/C=C\C/C=C\C/C=C\CCCCC)OC(=O)CCCCCCC/C=C\CCCCCCCC. The summed E-state index contributed by atoms with van der Waals surface area (Å²) in [5, 5.41) is 10.7. The molecule has 0 saturated heterocycles. The molecule has 0 aromatic rings. The lowest BCUT2D eigenvalue weighted by Crippen LogP contribution is -2.30. The van der Waals surface area contributed by atoms with Crippen LogP contribution in [-0.2, 0) is 65.4 Å². The molecule has 108 heavy (non-hydrogen) atoms. The highest BCUT2D eigenvalue weighted by atomic mass is 31.2. The highest BCUT2D eigenvalue weighted by molar-refractivity contribution is 7.47. The molecule has 622 valence electrons. The van der Waals surface area contributed by atoms with Crippen LogP contribution < -0.4 is 0 Å². The second-order valence-corrected chi connectivity index (χ2v) is 31.3. The Morgan fingerprint density at radius 3 is 0.769 bits per heavy atom. The third-order valence-corrected chi connectivity index (χ3v) is 19.8. The summed E-state index contributed by atoms with van der Waals surface area (Å²) >= 11 is 0. The fourth-order valence-electron chi connectivity index (χ4n) is 11.4. The second-order valence-electron chi connectivity index (χ2n) is 28.4. The van der Waals surface area contributed by atoms with Gasteiger partial charge in [-0.05, 0) is 161 Å². The molecule has 0 rings (SSSR count). The minimum atomic E-state index is -4.99. The minimum absolute atomic E-state index is 0.0753. The Balaban J connectivity index is 5.41. The van der Waals surface area contributed by atoms with Crippen molar-refractivity contribution in [3.63, 3.8) is 0 Å². The second kappa shape index (κ2) is 80.5. The molecule has 0 saturated carbocycles. The number of ether oxygens (including phenoxy) is 4. The van der Waals surface area contributed by atoms with Crippen molar-refractivity contribution in [1.29, 1.82) is 0 Å². The Kier molecular flexibility index (Phi) is 77.1. The number of unbranched alkanes of at least 4 members (excludes halogenated alkanes) is 34. The average molecular weight is 1560 g/mol. The first-order chi connectivity index (χ1) is 52.7. The normalized spacial score (nSPS) is 14.4. The first-order valence-electron chi connectivity index (χ1n) is 42.8. The number of phosphoric acid groups is 2. The molecule has 0 amide bonds. The zero-order valence-electron chi connectivity index (χ0n) is 68.2. The van der Waals surface area contributed by atoms with E-state index in [1.54, 1.807) is 0 Å². The van der Waals surface area contributed by atoms with Crippen molar-refractivity contribution in [2.75, 3.05) is 39.6 Å². The van der Waals surface area contributed by atoms with E-state index in [1.165, 1.54) is 77.0 Å². The molecule has 0 aliphatic carbocycles. The van der Waals surface area contributed by atoms with E-state index < -0.39 is 97.5 Å². The topological polar surface area (TPSA) is 237 Å². The Labute approximate surface area is 657 Å². The van der Waals surface area contributed by atoms with Gasteiger partial charge in [-0.2, -0.15) is 0 Å². The molecule has 0 heterocycles. The fraction of sp³-hybridized carbons (Fsp3) is 0.730. The highest BCUT2D eigenvalue weighted by Gasteiger charge is 2.30. The van der Waals surface area contributed by atoms with Gasteiger partial charge in [0.15, 0.2) is 12.2 Å². The number of rotatable bonds is 80. The quantitative estimate of drug-likeness (QED) is 0.0169. The number of phosphoric ester groups is 2. The van der Waals surface area contributed by atoms with Crippen molar-refractivity contribution in [1.82, 2.24) is 0 Å². The van der Waals surface area contributed by atoms with E-state index in [-0.39, 0.29) is 25.7 Å². The van der Waals surface area contributed by atoms with E-state index in [4.69, 9.17) is 37.0 Å². The fourth-order valence-corrected chi connectivity index (χ4v) is 12.9. The first-order valence-corrected chi connectivity index (χ1v) is 45.8. The maximum absolute atomic E-state index is 13.1. The molecule has 0 aliphatic rings. The van der Waals surface area contributed by atoms with Crippen molar-refractivity contribution in [3.8, 4) is 0 Å². The van der Waals surface area contributed by atoms with Crippen LogP contribution >= 0.6 is 15.6 Å². The zero-order chi connectivity index (χ0) is 78.9. The van der Waals surface area contributed by atoms with Gasteiger partial charge in [-0.25, -0.2) is 9.13 Å². The Bertz CT molecular complexity index is 2520. The third kappa shape index (κ3) is 79.5. The van der Waals surface area contributed by atoms with Gasteiger partial charge in [0.2, 0.25) is 0 Å². The van der Waals surface area contributed by atoms with Crippen molar-refractivity contribution in [3.05, 3.63) is 122 Å². The molecule has 0 spiro atoms. The van der Waals surface area contributed by atoms with Crippen LogP contribution in [0.3, 0.4) is 0 Å². The summed E-state index contributed by atoms with van der Waals surface area (Å²) in [6, 6.07) is 0. The number of aliphatic hydroxyl groups excluding tert-OH is 1. The van der Waals surface area contributed by atoms with Gasteiger partial charge in [0, 0.05) is 25.7 Å². The number of esters is 4. The predicted molar refractivity (Wildman–Crippen MR) is 445 cm³/mol. The molecular weight excluding hydrogens is 1400 g/mol. The number of carbonyl (C=O) groups is 4. The van der Waals surface area contributed by atoms with Crippen LogP contribution in [0.5, 0.6) is 0 Å². The highest BCUT2D eigenvalue weighted by Crippen LogP contribution is 2.45. The summed E-state index contributed by atoms with van der Waals surface area (Å²) in [6.07, 6.45) is 90.1. The number of carbonyl (C=O) groups excluding carboxylic acids is 4. The van der Waals surface area contributed by atoms with Crippen LogP contribution in [0.4, 0.5) is 0 Å². The van der Waals surface area contributed by atoms with Gasteiger partial charge in [0.25, 0.3) is 0 Å². The number of aliphatic hydroxyl groups is 1. The monoisotopic (exact) mass is 1560 g/mol. The molecule has 5 unspecified atom stereocenters. The van der Waals surface area contributed by atoms with E-state index in [2.05, 4.69) is 149 Å². The summed E-state index contributed by atoms with van der Waals surface area (Å²) in [7, 11) is -9.98. The van der Waals surface area contributed by atoms with Crippen LogP contribution in [0, 0.1) is 0 Å². The first kappa shape index (κ1) is 103. The summed E-state index contributed by atoms with van der Waals surface area (Å²) in [6.45, 7) is 4.70. The van der Waals surface area contributed by atoms with Crippen molar-refractivity contribution >= 4 is 39.5 Å². The van der Waals surface area contributed by atoms with Crippen LogP contribution in [0.15, 0.2) is 122 Å². The standard InChI is InChI=1S/C89H154O17P2/c1-5-9-13-17-21-25-29-33-37-39-41-43-47-50-54-58-62-66-70-74-87(92)100-80-85(106-89(94)76-72-68-64-60-56-52-48-44-42-40-38-34-30-26-22-18-14-10-6-2)82-104-108(97,98)102-78-83(90)77-101-107(95,96)103-81-84(105-88(93)75-71-67-63-59-55-51-46-36-32-28-24-20-16-12-8-4)79-99-86(91)73-69-65-61-57-53-49-45-35-31-27-23-19-15-11-7-3/h11,15,21-23,25-27,33-38,41-46,83-85,90H,5-10,12-14,16-20,24,28-32,39-40,47-82H2,1-4H3,(H,95,96)(H,97,98)/b15-11-,25-21-,26-22-,27-23-,37-33-,38-34-,43-41-,44-42-,45-35-,46-36-. The lowest BCUT2D eigenvalue weighted by Gasteiger charge is -2.21. The minimum Gasteiger partial charge on any atom is -0.462 e. The van der Waals surface area contributed by atoms with Gasteiger partial charge in [-0.1, -0.05) is 297 Å². The molecule has 0 aromatic carbocycles.